The first-order valence-corrected chi connectivity index (χ1v) is 15.0. The minimum atomic E-state index is 0.908. The zero-order valence-corrected chi connectivity index (χ0v) is 23.7. The molecule has 2 nitrogen and oxygen atoms in total. The molecule has 8 aromatic carbocycles. The predicted molar refractivity (Wildman–Crippen MR) is 184 cm³/mol. The van der Waals surface area contributed by atoms with Crippen molar-refractivity contribution in [2.45, 2.75) is 0 Å². The summed E-state index contributed by atoms with van der Waals surface area (Å²) >= 11 is 0. The van der Waals surface area contributed by atoms with E-state index in [0.29, 0.717) is 0 Å². The molecular formula is C42H24O2. The second-order valence-electron chi connectivity index (χ2n) is 11.6. The number of fused-ring (bicyclic) bond motifs is 10. The molecule has 0 saturated carbocycles. The molecule has 0 aliphatic rings. The minimum absolute atomic E-state index is 0.908. The summed E-state index contributed by atoms with van der Waals surface area (Å²) in [6, 6.07) is 52.0. The van der Waals surface area contributed by atoms with Crippen molar-refractivity contribution < 1.29 is 8.83 Å². The van der Waals surface area contributed by atoms with Gasteiger partial charge in [0, 0.05) is 21.5 Å². The maximum Gasteiger partial charge on any atom is 0.136 e. The molecule has 0 fully saturated rings. The summed E-state index contributed by atoms with van der Waals surface area (Å²) in [7, 11) is 0. The van der Waals surface area contributed by atoms with E-state index in [1.54, 1.807) is 0 Å². The molecule has 10 rings (SSSR count). The van der Waals surface area contributed by atoms with Gasteiger partial charge in [-0.1, -0.05) is 109 Å². The highest BCUT2D eigenvalue weighted by molar-refractivity contribution is 6.24. The topological polar surface area (TPSA) is 26.3 Å². The number of hydrogen-bond donors (Lipinski definition) is 0. The van der Waals surface area contributed by atoms with E-state index in [9.17, 15) is 0 Å². The van der Waals surface area contributed by atoms with Crippen LogP contribution in [0.15, 0.2) is 154 Å². The summed E-state index contributed by atoms with van der Waals surface area (Å²) < 4.78 is 12.5. The van der Waals surface area contributed by atoms with E-state index in [-0.39, 0.29) is 0 Å². The third-order valence-electron chi connectivity index (χ3n) is 9.25. The van der Waals surface area contributed by atoms with Crippen LogP contribution in [0.5, 0.6) is 0 Å². The van der Waals surface area contributed by atoms with Crippen LogP contribution in [0.25, 0.3) is 98.4 Å². The van der Waals surface area contributed by atoms with E-state index >= 15 is 0 Å². The Morgan fingerprint density at radius 2 is 0.750 bits per heavy atom. The minimum Gasteiger partial charge on any atom is -0.456 e. The van der Waals surface area contributed by atoms with Gasteiger partial charge in [-0.05, 0) is 91.0 Å². The summed E-state index contributed by atoms with van der Waals surface area (Å²) in [5, 5.41) is 12.0. The Hall–Kier alpha value is -5.86. The van der Waals surface area contributed by atoms with Crippen LogP contribution in [0.2, 0.25) is 0 Å². The lowest BCUT2D eigenvalue weighted by molar-refractivity contribution is 0.668. The van der Waals surface area contributed by atoms with Crippen LogP contribution in [0.3, 0.4) is 0 Å². The number of furan rings is 2. The van der Waals surface area contributed by atoms with Crippen LogP contribution in [-0.4, -0.2) is 0 Å². The Bertz CT molecular complexity index is 2720. The van der Waals surface area contributed by atoms with E-state index in [0.717, 1.165) is 38.5 Å². The molecule has 2 aromatic heterocycles. The Morgan fingerprint density at radius 1 is 0.295 bits per heavy atom. The van der Waals surface area contributed by atoms with Gasteiger partial charge >= 0.3 is 0 Å². The molecule has 0 spiro atoms. The Morgan fingerprint density at radius 3 is 1.41 bits per heavy atom. The summed E-state index contributed by atoms with van der Waals surface area (Å²) in [5.74, 6) is 0. The van der Waals surface area contributed by atoms with Gasteiger partial charge in [-0.15, -0.1) is 0 Å². The first-order chi connectivity index (χ1) is 21.8. The van der Waals surface area contributed by atoms with Gasteiger partial charge < -0.3 is 8.83 Å². The van der Waals surface area contributed by atoms with Crippen LogP contribution in [-0.2, 0) is 0 Å². The summed E-state index contributed by atoms with van der Waals surface area (Å²) in [6.07, 6.45) is 0. The first-order valence-electron chi connectivity index (χ1n) is 15.0. The first kappa shape index (κ1) is 23.7. The second-order valence-corrected chi connectivity index (χ2v) is 11.6. The van der Waals surface area contributed by atoms with Crippen LogP contribution < -0.4 is 0 Å². The monoisotopic (exact) mass is 560 g/mol. The van der Waals surface area contributed by atoms with Crippen molar-refractivity contribution in [3.63, 3.8) is 0 Å². The third-order valence-corrected chi connectivity index (χ3v) is 9.25. The van der Waals surface area contributed by atoms with Gasteiger partial charge in [0.2, 0.25) is 0 Å². The highest BCUT2D eigenvalue weighted by Crippen LogP contribution is 2.46. The van der Waals surface area contributed by atoms with Gasteiger partial charge in [-0.25, -0.2) is 0 Å². The summed E-state index contributed by atoms with van der Waals surface area (Å²) in [4.78, 5) is 0. The van der Waals surface area contributed by atoms with Gasteiger partial charge in [-0.3, -0.25) is 0 Å². The summed E-state index contributed by atoms with van der Waals surface area (Å²) in [5.41, 5.74) is 8.51. The van der Waals surface area contributed by atoms with Gasteiger partial charge in [0.05, 0.1) is 0 Å². The van der Waals surface area contributed by atoms with Crippen LogP contribution in [0, 0.1) is 0 Å². The Kier molecular flexibility index (Phi) is 4.75. The molecular weight excluding hydrogens is 536 g/mol. The number of rotatable bonds is 2. The van der Waals surface area contributed by atoms with Gasteiger partial charge in [0.1, 0.15) is 22.3 Å². The average Bonchev–Trinajstić information content (AvgIpc) is 3.65. The molecule has 204 valence electrons. The Labute approximate surface area is 252 Å². The fourth-order valence-corrected chi connectivity index (χ4v) is 7.33. The molecule has 2 heteroatoms. The van der Waals surface area contributed by atoms with Crippen LogP contribution in [0.1, 0.15) is 0 Å². The molecule has 0 N–H and O–H groups in total. The van der Waals surface area contributed by atoms with Crippen LogP contribution >= 0.6 is 0 Å². The highest BCUT2D eigenvalue weighted by atomic mass is 16.3. The Balaban J connectivity index is 1.29. The van der Waals surface area contributed by atoms with Crippen molar-refractivity contribution in [1.82, 2.24) is 0 Å². The maximum atomic E-state index is 6.35. The molecule has 0 atom stereocenters. The largest absolute Gasteiger partial charge is 0.456 e. The number of benzene rings is 8. The SMILES string of the molecule is c1ccc2c(c1)ccc1oc3ccc(-c4c5ccccc5c(-c5ccc6oc7ccccc7c6c5)c5ccccc45)cc3c12. The van der Waals surface area contributed by atoms with E-state index in [4.69, 9.17) is 8.83 Å². The lowest BCUT2D eigenvalue weighted by Gasteiger charge is -2.18. The van der Waals surface area contributed by atoms with Gasteiger partial charge in [0.15, 0.2) is 0 Å². The molecule has 10 aromatic rings. The fraction of sp³-hybridized carbons (Fsp3) is 0. The molecule has 0 saturated heterocycles. The van der Waals surface area contributed by atoms with Gasteiger partial charge in [0.25, 0.3) is 0 Å². The quantitative estimate of drug-likeness (QED) is 0.197. The average molecular weight is 561 g/mol. The lowest BCUT2D eigenvalue weighted by Crippen LogP contribution is -1.90. The molecule has 0 amide bonds. The van der Waals surface area contributed by atoms with Crippen molar-refractivity contribution in [3.8, 4) is 22.3 Å². The number of para-hydroxylation sites is 1. The second kappa shape index (κ2) is 8.82. The van der Waals surface area contributed by atoms with Crippen molar-refractivity contribution in [2.75, 3.05) is 0 Å². The van der Waals surface area contributed by atoms with E-state index in [2.05, 4.69) is 133 Å². The lowest BCUT2D eigenvalue weighted by atomic mass is 9.85. The van der Waals surface area contributed by atoms with Crippen LogP contribution in [0.4, 0.5) is 0 Å². The molecule has 0 radical (unpaired) electrons. The van der Waals surface area contributed by atoms with E-state index in [1.165, 1.54) is 60.0 Å². The fourth-order valence-electron chi connectivity index (χ4n) is 7.33. The molecule has 2 heterocycles. The van der Waals surface area contributed by atoms with Crippen molar-refractivity contribution in [3.05, 3.63) is 146 Å². The van der Waals surface area contributed by atoms with Crippen molar-refractivity contribution >= 4 is 76.2 Å². The third kappa shape index (κ3) is 3.25. The molecule has 0 unspecified atom stereocenters. The van der Waals surface area contributed by atoms with Crippen molar-refractivity contribution in [2.24, 2.45) is 0 Å². The maximum absolute atomic E-state index is 6.35. The van der Waals surface area contributed by atoms with Crippen molar-refractivity contribution in [1.29, 1.82) is 0 Å². The zero-order valence-electron chi connectivity index (χ0n) is 23.7. The highest BCUT2D eigenvalue weighted by Gasteiger charge is 2.19. The normalized spacial score (nSPS) is 12.1. The standard InChI is InChI=1S/C42H24O2/c1-2-10-28-25(9-1)17-22-39-42(28)35-24-27(19-21-38(35)44-39)41-32-14-5-3-12-30(32)40(31-13-4-6-15-33(31)41)26-18-20-37-34(23-26)29-11-7-8-16-36(29)43-37/h1-24H. The number of hydrogen-bond acceptors (Lipinski definition) is 2. The molecule has 0 aliphatic carbocycles. The summed E-state index contributed by atoms with van der Waals surface area (Å²) in [6.45, 7) is 0. The van der Waals surface area contributed by atoms with Gasteiger partial charge in [-0.2, -0.15) is 0 Å². The zero-order chi connectivity index (χ0) is 28.8. The van der Waals surface area contributed by atoms with E-state index in [1.807, 2.05) is 12.1 Å². The molecule has 44 heavy (non-hydrogen) atoms. The molecule has 0 bridgehead atoms. The smallest absolute Gasteiger partial charge is 0.136 e. The predicted octanol–water partition coefficient (Wildman–Crippen LogP) is 12.3. The van der Waals surface area contributed by atoms with E-state index < -0.39 is 0 Å². The molecule has 0 aliphatic heterocycles.